The molecule has 1 aliphatic heterocycles. The summed E-state index contributed by atoms with van der Waals surface area (Å²) in [5.41, 5.74) is -1.40. The molecular formula is C13H14F6N2O. The summed E-state index contributed by atoms with van der Waals surface area (Å²) in [4.78, 5) is 0.993. The van der Waals surface area contributed by atoms with Crippen LogP contribution in [0.3, 0.4) is 0 Å². The number of nitrogens with zero attached hydrogens (tertiary/aromatic N) is 1. The number of alkyl halides is 2. The number of hydrogen-bond acceptors (Lipinski definition) is 3. The minimum absolute atomic E-state index is 0.0166. The summed E-state index contributed by atoms with van der Waals surface area (Å²) in [6.45, 7) is -1.22. The van der Waals surface area contributed by atoms with Gasteiger partial charge in [-0.2, -0.15) is 0 Å². The maximum Gasteiger partial charge on any atom is 0.290 e. The Hall–Kier alpha value is -1.32. The molecule has 0 unspecified atom stereocenters. The van der Waals surface area contributed by atoms with E-state index in [2.05, 4.69) is 5.32 Å². The summed E-state index contributed by atoms with van der Waals surface area (Å²) < 4.78 is 82.4. The normalized spacial score (nSPS) is 18.5. The molecular weight excluding hydrogens is 314 g/mol. The van der Waals surface area contributed by atoms with E-state index in [4.69, 9.17) is 5.11 Å². The molecule has 1 heterocycles. The van der Waals surface area contributed by atoms with Crippen molar-refractivity contribution in [1.29, 1.82) is 0 Å². The van der Waals surface area contributed by atoms with Gasteiger partial charge in [-0.3, -0.25) is 4.90 Å². The maximum absolute atomic E-state index is 14.0. The number of hydrogen-bond donors (Lipinski definition) is 2. The van der Waals surface area contributed by atoms with Crippen molar-refractivity contribution in [3.63, 3.8) is 0 Å². The zero-order valence-corrected chi connectivity index (χ0v) is 11.4. The molecule has 22 heavy (non-hydrogen) atoms. The van der Waals surface area contributed by atoms with Gasteiger partial charge >= 0.3 is 0 Å². The second-order valence-electron chi connectivity index (χ2n) is 4.99. The minimum atomic E-state index is -3.97. The van der Waals surface area contributed by atoms with Crippen LogP contribution in [0.1, 0.15) is 11.6 Å². The fraction of sp³-hybridized carbons (Fsp3) is 0.538. The summed E-state index contributed by atoms with van der Waals surface area (Å²) in [7, 11) is 0. The highest BCUT2D eigenvalue weighted by Gasteiger charge is 2.47. The highest BCUT2D eigenvalue weighted by atomic mass is 19.3. The van der Waals surface area contributed by atoms with Crippen LogP contribution in [0.15, 0.2) is 6.07 Å². The Bertz CT molecular complexity index is 522. The van der Waals surface area contributed by atoms with Crippen molar-refractivity contribution in [2.45, 2.75) is 12.0 Å². The second kappa shape index (κ2) is 6.43. The fourth-order valence-corrected chi connectivity index (χ4v) is 2.52. The number of piperazine rings is 1. The van der Waals surface area contributed by atoms with Gasteiger partial charge in [0.25, 0.3) is 5.92 Å². The molecule has 2 N–H and O–H groups in total. The zero-order chi connectivity index (χ0) is 16.5. The molecule has 0 bridgehead atoms. The first kappa shape index (κ1) is 17.0. The molecule has 0 spiro atoms. The Morgan fingerprint density at radius 3 is 2.05 bits per heavy atom. The average molecular weight is 328 g/mol. The Balaban J connectivity index is 2.59. The van der Waals surface area contributed by atoms with E-state index in [1.807, 2.05) is 0 Å². The first-order valence-corrected chi connectivity index (χ1v) is 6.56. The van der Waals surface area contributed by atoms with Crippen LogP contribution in [0.2, 0.25) is 0 Å². The molecule has 3 nitrogen and oxygen atoms in total. The van der Waals surface area contributed by atoms with Gasteiger partial charge in [-0.15, -0.1) is 0 Å². The third-order valence-electron chi connectivity index (χ3n) is 3.55. The van der Waals surface area contributed by atoms with E-state index in [0.717, 1.165) is 4.90 Å². The summed E-state index contributed by atoms with van der Waals surface area (Å²) in [6, 6.07) is -2.34. The van der Waals surface area contributed by atoms with Gasteiger partial charge in [0.1, 0.15) is 12.6 Å². The molecule has 1 aromatic carbocycles. The van der Waals surface area contributed by atoms with Crippen molar-refractivity contribution in [2.24, 2.45) is 0 Å². The number of rotatable bonds is 4. The van der Waals surface area contributed by atoms with Crippen LogP contribution in [0, 0.1) is 23.3 Å². The van der Waals surface area contributed by atoms with Gasteiger partial charge in [0.2, 0.25) is 0 Å². The van der Waals surface area contributed by atoms with Gasteiger partial charge in [-0.25, -0.2) is 26.3 Å². The topological polar surface area (TPSA) is 35.5 Å². The minimum Gasteiger partial charge on any atom is -0.390 e. The molecule has 0 radical (unpaired) electrons. The predicted octanol–water partition coefficient (Wildman–Crippen LogP) is 1.82. The molecule has 1 saturated heterocycles. The van der Waals surface area contributed by atoms with E-state index in [1.165, 1.54) is 0 Å². The third kappa shape index (κ3) is 3.06. The Morgan fingerprint density at radius 2 is 1.59 bits per heavy atom. The van der Waals surface area contributed by atoms with Crippen LogP contribution in [-0.2, 0) is 0 Å². The standard InChI is InChI=1S/C13H14F6N2O/c14-7-5-8(15)11(17)9(10(7)16)12(13(18,19)6-22)21-3-1-20-2-4-21/h5,12,20,22H,1-4,6H2/t12-/m0/s1. The molecule has 9 heteroatoms. The van der Waals surface area contributed by atoms with Gasteiger partial charge in [0.15, 0.2) is 23.3 Å². The lowest BCUT2D eigenvalue weighted by Crippen LogP contribution is -2.51. The van der Waals surface area contributed by atoms with Crippen molar-refractivity contribution in [3.05, 3.63) is 34.9 Å². The van der Waals surface area contributed by atoms with Crippen molar-refractivity contribution >= 4 is 0 Å². The predicted molar refractivity (Wildman–Crippen MR) is 65.5 cm³/mol. The molecule has 1 fully saturated rings. The highest BCUT2D eigenvalue weighted by Crippen LogP contribution is 2.40. The number of aliphatic hydroxyl groups excluding tert-OH is 1. The van der Waals surface area contributed by atoms with Gasteiger partial charge < -0.3 is 10.4 Å². The lowest BCUT2D eigenvalue weighted by molar-refractivity contribution is -0.120. The van der Waals surface area contributed by atoms with Crippen LogP contribution < -0.4 is 5.32 Å². The molecule has 0 saturated carbocycles. The largest absolute Gasteiger partial charge is 0.390 e. The van der Waals surface area contributed by atoms with Crippen LogP contribution in [0.5, 0.6) is 0 Å². The van der Waals surface area contributed by atoms with Crippen molar-refractivity contribution in [3.8, 4) is 0 Å². The first-order chi connectivity index (χ1) is 10.3. The van der Waals surface area contributed by atoms with Gasteiger partial charge in [-0.1, -0.05) is 0 Å². The van der Waals surface area contributed by atoms with E-state index < -0.39 is 47.4 Å². The molecule has 2 rings (SSSR count). The lowest BCUT2D eigenvalue weighted by Gasteiger charge is -2.38. The maximum atomic E-state index is 14.0. The summed E-state index contributed by atoms with van der Waals surface area (Å²) in [6.07, 6.45) is 0. The molecule has 124 valence electrons. The summed E-state index contributed by atoms with van der Waals surface area (Å²) in [5.74, 6) is -11.3. The van der Waals surface area contributed by atoms with Gasteiger partial charge in [0, 0.05) is 32.2 Å². The van der Waals surface area contributed by atoms with Crippen LogP contribution in [-0.4, -0.2) is 48.7 Å². The third-order valence-corrected chi connectivity index (χ3v) is 3.55. The molecule has 1 aliphatic rings. The van der Waals surface area contributed by atoms with E-state index in [0.29, 0.717) is 0 Å². The summed E-state index contributed by atoms with van der Waals surface area (Å²) in [5, 5.41) is 11.7. The smallest absolute Gasteiger partial charge is 0.290 e. The molecule has 1 atom stereocenters. The Morgan fingerprint density at radius 1 is 1.09 bits per heavy atom. The average Bonchev–Trinajstić information content (AvgIpc) is 2.50. The lowest BCUT2D eigenvalue weighted by atomic mass is 9.96. The monoisotopic (exact) mass is 328 g/mol. The molecule has 1 aromatic rings. The quantitative estimate of drug-likeness (QED) is 0.654. The van der Waals surface area contributed by atoms with Crippen molar-refractivity contribution in [1.82, 2.24) is 10.2 Å². The number of halogens is 6. The molecule has 0 aliphatic carbocycles. The van der Waals surface area contributed by atoms with Crippen LogP contribution in [0.4, 0.5) is 26.3 Å². The van der Waals surface area contributed by atoms with Crippen LogP contribution >= 0.6 is 0 Å². The van der Waals surface area contributed by atoms with Crippen molar-refractivity contribution in [2.75, 3.05) is 32.8 Å². The van der Waals surface area contributed by atoms with E-state index in [9.17, 15) is 26.3 Å². The Kier molecular flexibility index (Phi) is 4.98. The zero-order valence-electron chi connectivity index (χ0n) is 11.4. The first-order valence-electron chi connectivity index (χ1n) is 6.56. The van der Waals surface area contributed by atoms with Crippen molar-refractivity contribution < 1.29 is 31.4 Å². The highest BCUT2D eigenvalue weighted by molar-refractivity contribution is 5.28. The van der Waals surface area contributed by atoms with Gasteiger partial charge in [0.05, 0.1) is 5.56 Å². The van der Waals surface area contributed by atoms with E-state index in [1.54, 1.807) is 0 Å². The van der Waals surface area contributed by atoms with E-state index in [-0.39, 0.29) is 32.2 Å². The summed E-state index contributed by atoms with van der Waals surface area (Å²) >= 11 is 0. The fourth-order valence-electron chi connectivity index (χ4n) is 2.52. The number of nitrogens with one attached hydrogen (secondary N) is 1. The number of aliphatic hydroxyl groups is 1. The molecule has 0 aromatic heterocycles. The number of benzene rings is 1. The van der Waals surface area contributed by atoms with Gasteiger partial charge in [-0.05, 0) is 0 Å². The second-order valence-corrected chi connectivity index (χ2v) is 4.99. The van der Waals surface area contributed by atoms with E-state index >= 15 is 0 Å². The molecule has 0 amide bonds. The SMILES string of the molecule is OCC(F)(F)[C@H](c1c(F)c(F)cc(F)c1F)N1CCNCC1. The van der Waals surface area contributed by atoms with Crippen LogP contribution in [0.25, 0.3) is 0 Å². The Labute approximate surface area is 122 Å².